The number of rotatable bonds is 4. The molecule has 0 bridgehead atoms. The zero-order chi connectivity index (χ0) is 19.1. The van der Waals surface area contributed by atoms with Crippen LogP contribution in [0.25, 0.3) is 0 Å². The topological polar surface area (TPSA) is 60.0 Å². The van der Waals surface area contributed by atoms with Gasteiger partial charge in [0.1, 0.15) is 5.60 Å². The summed E-state index contributed by atoms with van der Waals surface area (Å²) in [6.45, 7) is 14.4. The maximum Gasteiger partial charge on any atom is 0.190 e. The Kier molecular flexibility index (Phi) is 6.06. The Labute approximate surface area is 159 Å². The first-order valence-corrected chi connectivity index (χ1v) is 10.5. The van der Waals surface area contributed by atoms with Crippen LogP contribution < -0.4 is 5.32 Å². The molecule has 3 aliphatic rings. The predicted molar refractivity (Wildman–Crippen MR) is 102 cm³/mol. The molecule has 0 aromatic rings. The van der Waals surface area contributed by atoms with E-state index in [-0.39, 0.29) is 35.7 Å². The average molecular weight is 370 g/mol. The molecular formula is C21H39NO4. The van der Waals surface area contributed by atoms with Crippen LogP contribution in [0.1, 0.15) is 67.2 Å². The van der Waals surface area contributed by atoms with Crippen LogP contribution in [0.5, 0.6) is 0 Å². The number of nitrogens with one attached hydrogen (secondary N) is 1. The first-order valence-electron chi connectivity index (χ1n) is 10.5. The van der Waals surface area contributed by atoms with Gasteiger partial charge < -0.3 is 24.6 Å². The summed E-state index contributed by atoms with van der Waals surface area (Å²) in [5.41, 5.74) is -0.805. The van der Waals surface area contributed by atoms with Gasteiger partial charge in [0.15, 0.2) is 12.6 Å². The minimum atomic E-state index is -0.884. The van der Waals surface area contributed by atoms with Crippen molar-refractivity contribution in [2.75, 3.05) is 13.2 Å². The summed E-state index contributed by atoms with van der Waals surface area (Å²) in [7, 11) is 0. The highest BCUT2D eigenvalue weighted by Crippen LogP contribution is 2.54. The van der Waals surface area contributed by atoms with Crippen LogP contribution in [0, 0.1) is 23.7 Å². The maximum absolute atomic E-state index is 11.8. The standard InChI is InChI=1S/C21H39NO4/c1-13-7-9-17-15(3)18(24-12-11-22-20(4,5)6)26-19-21(17,23)16(13)10-8-14(2)25-19/h13-19,22-23H,7-12H2,1-6H3/t13-,14+,15-,16?,17?,18?,19+,21-/m1/s1. The van der Waals surface area contributed by atoms with Crippen LogP contribution in [-0.2, 0) is 14.2 Å². The highest BCUT2D eigenvalue weighted by molar-refractivity contribution is 5.06. The van der Waals surface area contributed by atoms with E-state index in [4.69, 9.17) is 14.2 Å². The van der Waals surface area contributed by atoms with E-state index in [9.17, 15) is 5.11 Å². The van der Waals surface area contributed by atoms with Crippen molar-refractivity contribution >= 4 is 0 Å². The summed E-state index contributed by atoms with van der Waals surface area (Å²) >= 11 is 0. The summed E-state index contributed by atoms with van der Waals surface area (Å²) < 4.78 is 18.5. The lowest BCUT2D eigenvalue weighted by atomic mass is 9.58. The molecular weight excluding hydrogens is 330 g/mol. The number of hydrogen-bond donors (Lipinski definition) is 2. The van der Waals surface area contributed by atoms with Crippen LogP contribution >= 0.6 is 0 Å². The highest BCUT2D eigenvalue weighted by atomic mass is 16.8. The second-order valence-electron chi connectivity index (χ2n) is 9.92. The molecule has 2 saturated heterocycles. The smallest absolute Gasteiger partial charge is 0.190 e. The maximum atomic E-state index is 11.8. The Bertz CT molecular complexity index is 479. The van der Waals surface area contributed by atoms with Crippen LogP contribution in [0.15, 0.2) is 0 Å². The van der Waals surface area contributed by atoms with Crippen LogP contribution in [0.2, 0.25) is 0 Å². The summed E-state index contributed by atoms with van der Waals surface area (Å²) in [5, 5.41) is 15.2. The molecule has 0 amide bonds. The van der Waals surface area contributed by atoms with E-state index in [0.29, 0.717) is 12.5 Å². The van der Waals surface area contributed by atoms with Gasteiger partial charge in [0, 0.05) is 23.9 Å². The number of aliphatic hydroxyl groups is 1. The molecule has 0 aromatic carbocycles. The monoisotopic (exact) mass is 369 g/mol. The zero-order valence-corrected chi connectivity index (χ0v) is 17.5. The van der Waals surface area contributed by atoms with E-state index >= 15 is 0 Å². The third kappa shape index (κ3) is 3.97. The molecule has 0 aromatic heterocycles. The van der Waals surface area contributed by atoms with Gasteiger partial charge in [0.2, 0.25) is 0 Å². The Hall–Kier alpha value is -0.200. The van der Waals surface area contributed by atoms with Crippen molar-refractivity contribution in [3.8, 4) is 0 Å². The fourth-order valence-electron chi connectivity index (χ4n) is 5.33. The third-order valence-electron chi connectivity index (χ3n) is 6.79. The van der Waals surface area contributed by atoms with E-state index in [2.05, 4.69) is 46.9 Å². The fraction of sp³-hybridized carbons (Fsp3) is 1.00. The van der Waals surface area contributed by atoms with Gasteiger partial charge in [-0.1, -0.05) is 13.8 Å². The molecule has 152 valence electrons. The summed E-state index contributed by atoms with van der Waals surface area (Å²) in [6, 6.07) is 0. The minimum absolute atomic E-state index is 0.0786. The second-order valence-corrected chi connectivity index (χ2v) is 9.92. The van der Waals surface area contributed by atoms with E-state index in [1.165, 1.54) is 6.42 Å². The molecule has 8 atom stereocenters. The second kappa shape index (κ2) is 7.67. The molecule has 5 heteroatoms. The van der Waals surface area contributed by atoms with Gasteiger partial charge in [-0.3, -0.25) is 0 Å². The highest BCUT2D eigenvalue weighted by Gasteiger charge is 2.62. The van der Waals surface area contributed by atoms with Gasteiger partial charge in [-0.2, -0.15) is 0 Å². The van der Waals surface area contributed by atoms with Crippen LogP contribution in [-0.4, -0.2) is 48.1 Å². The van der Waals surface area contributed by atoms with E-state index in [0.717, 1.165) is 25.8 Å². The Balaban J connectivity index is 1.71. The van der Waals surface area contributed by atoms with Gasteiger partial charge in [-0.05, 0) is 65.2 Å². The van der Waals surface area contributed by atoms with E-state index in [1.54, 1.807) is 0 Å². The quantitative estimate of drug-likeness (QED) is 0.745. The number of hydrogen-bond acceptors (Lipinski definition) is 5. The first-order chi connectivity index (χ1) is 12.1. The van der Waals surface area contributed by atoms with Crippen molar-refractivity contribution in [3.05, 3.63) is 0 Å². The van der Waals surface area contributed by atoms with Gasteiger partial charge in [0.05, 0.1) is 12.7 Å². The van der Waals surface area contributed by atoms with Crippen molar-refractivity contribution < 1.29 is 19.3 Å². The molecule has 3 rings (SSSR count). The largest absolute Gasteiger partial charge is 0.384 e. The Morgan fingerprint density at radius 2 is 1.73 bits per heavy atom. The predicted octanol–water partition coefficient (Wildman–Crippen LogP) is 3.30. The van der Waals surface area contributed by atoms with Crippen LogP contribution in [0.3, 0.4) is 0 Å². The SMILES string of the molecule is C[C@H]1C(OCCNC(C)(C)C)O[C@@H]2O[C@@H](C)CCC3[C@H](C)CCC1[C@]32O. The molecule has 26 heavy (non-hydrogen) atoms. The zero-order valence-electron chi connectivity index (χ0n) is 17.5. The first kappa shape index (κ1) is 20.5. The lowest BCUT2D eigenvalue weighted by molar-refractivity contribution is -0.381. The molecule has 3 fully saturated rings. The average Bonchev–Trinajstić information content (AvgIpc) is 2.66. The van der Waals surface area contributed by atoms with E-state index < -0.39 is 11.9 Å². The number of ether oxygens (including phenoxy) is 3. The molecule has 0 spiro atoms. The minimum Gasteiger partial charge on any atom is -0.384 e. The molecule has 1 aliphatic carbocycles. The molecule has 2 aliphatic heterocycles. The fourth-order valence-corrected chi connectivity index (χ4v) is 5.33. The lowest BCUT2D eigenvalue weighted by Gasteiger charge is -2.57. The van der Waals surface area contributed by atoms with E-state index in [1.807, 2.05) is 0 Å². The van der Waals surface area contributed by atoms with Gasteiger partial charge in [-0.15, -0.1) is 0 Å². The van der Waals surface area contributed by atoms with Gasteiger partial charge >= 0.3 is 0 Å². The Morgan fingerprint density at radius 3 is 2.42 bits per heavy atom. The van der Waals surface area contributed by atoms with Crippen molar-refractivity contribution in [2.24, 2.45) is 23.7 Å². The van der Waals surface area contributed by atoms with Gasteiger partial charge in [0.25, 0.3) is 0 Å². The normalized spacial score (nSPS) is 46.5. The van der Waals surface area contributed by atoms with Crippen molar-refractivity contribution in [1.29, 1.82) is 0 Å². The third-order valence-corrected chi connectivity index (χ3v) is 6.79. The summed E-state index contributed by atoms with van der Waals surface area (Å²) in [6.07, 6.45) is 3.41. The molecule has 2 heterocycles. The molecule has 1 saturated carbocycles. The van der Waals surface area contributed by atoms with Crippen molar-refractivity contribution in [3.63, 3.8) is 0 Å². The van der Waals surface area contributed by atoms with Gasteiger partial charge in [-0.25, -0.2) is 0 Å². The van der Waals surface area contributed by atoms with Crippen molar-refractivity contribution in [2.45, 2.75) is 97.0 Å². The molecule has 3 unspecified atom stereocenters. The van der Waals surface area contributed by atoms with Crippen molar-refractivity contribution in [1.82, 2.24) is 5.32 Å². The lowest BCUT2D eigenvalue weighted by Crippen LogP contribution is -2.66. The Morgan fingerprint density at radius 1 is 1.04 bits per heavy atom. The molecule has 5 nitrogen and oxygen atoms in total. The summed E-state index contributed by atoms with van der Waals surface area (Å²) in [5.74, 6) is 1.10. The molecule has 0 radical (unpaired) electrons. The van der Waals surface area contributed by atoms with Crippen LogP contribution in [0.4, 0.5) is 0 Å². The summed E-state index contributed by atoms with van der Waals surface area (Å²) in [4.78, 5) is 0. The molecule has 2 N–H and O–H groups in total.